The van der Waals surface area contributed by atoms with Gasteiger partial charge >= 0.3 is 5.97 Å². The van der Waals surface area contributed by atoms with Crippen molar-refractivity contribution in [2.45, 2.75) is 31.6 Å². The summed E-state index contributed by atoms with van der Waals surface area (Å²) in [6, 6.07) is 14.6. The van der Waals surface area contributed by atoms with E-state index in [4.69, 9.17) is 4.74 Å². The number of esters is 1. The maximum absolute atomic E-state index is 13.3. The molecule has 2 aromatic rings. The second-order valence-corrected chi connectivity index (χ2v) is 8.22. The molecule has 1 heterocycles. The van der Waals surface area contributed by atoms with E-state index in [0.29, 0.717) is 12.0 Å². The summed E-state index contributed by atoms with van der Waals surface area (Å²) in [6.07, 6.45) is 1.30. The summed E-state index contributed by atoms with van der Waals surface area (Å²) in [5, 5.41) is 0. The molecule has 0 aliphatic carbocycles. The fourth-order valence-electron chi connectivity index (χ4n) is 3.08. The van der Waals surface area contributed by atoms with E-state index < -0.39 is 21.8 Å². The van der Waals surface area contributed by atoms with E-state index in [2.05, 4.69) is 0 Å². The molecule has 0 N–H and O–H groups in total. The van der Waals surface area contributed by atoms with Crippen LogP contribution in [-0.2, 0) is 19.6 Å². The zero-order chi connectivity index (χ0) is 20.3. The zero-order valence-corrected chi connectivity index (χ0v) is 16.5. The van der Waals surface area contributed by atoms with Gasteiger partial charge in [0, 0.05) is 24.6 Å². The van der Waals surface area contributed by atoms with Crippen molar-refractivity contribution < 1.29 is 22.7 Å². The molecule has 146 valence electrons. The van der Waals surface area contributed by atoms with Crippen molar-refractivity contribution in [1.82, 2.24) is 4.31 Å². The number of ether oxygens (including phenoxy) is 1. The minimum absolute atomic E-state index is 0.0203. The minimum Gasteiger partial charge on any atom is -0.424 e. The number of hydrogen-bond acceptors (Lipinski definition) is 5. The number of sulfonamides is 1. The second-order valence-electron chi connectivity index (χ2n) is 6.39. The minimum atomic E-state index is -3.96. The summed E-state index contributed by atoms with van der Waals surface area (Å²) < 4.78 is 33.0. The predicted octanol–water partition coefficient (Wildman–Crippen LogP) is 3.61. The Morgan fingerprint density at radius 3 is 2.29 bits per heavy atom. The molecule has 3 rings (SSSR count). The maximum Gasteiger partial charge on any atom is 0.308 e. The van der Waals surface area contributed by atoms with Crippen molar-refractivity contribution in [3.63, 3.8) is 0 Å². The summed E-state index contributed by atoms with van der Waals surface area (Å²) >= 11 is 0. The molecule has 0 fully saturated rings. The molecule has 0 saturated heterocycles. The molecule has 0 atom stereocenters. The van der Waals surface area contributed by atoms with Crippen LogP contribution in [0, 0.1) is 0 Å². The molecular formula is C21H21NO5S. The van der Waals surface area contributed by atoms with Gasteiger partial charge in [-0.15, -0.1) is 0 Å². The maximum atomic E-state index is 13.3. The molecule has 0 bridgehead atoms. The van der Waals surface area contributed by atoms with Crippen LogP contribution in [-0.4, -0.2) is 31.0 Å². The molecule has 7 heteroatoms. The largest absolute Gasteiger partial charge is 0.424 e. The Morgan fingerprint density at radius 2 is 1.64 bits per heavy atom. The monoisotopic (exact) mass is 399 g/mol. The average molecular weight is 399 g/mol. The van der Waals surface area contributed by atoms with Gasteiger partial charge in [-0.1, -0.05) is 55.8 Å². The lowest BCUT2D eigenvalue weighted by molar-refractivity contribution is -0.134. The Balaban J connectivity index is 2.31. The lowest BCUT2D eigenvalue weighted by atomic mass is 10.0. The van der Waals surface area contributed by atoms with Crippen LogP contribution in [0.5, 0.6) is 0 Å². The van der Waals surface area contributed by atoms with Gasteiger partial charge in [-0.3, -0.25) is 13.9 Å². The van der Waals surface area contributed by atoms with Crippen molar-refractivity contribution in [2.24, 2.45) is 0 Å². The van der Waals surface area contributed by atoms with Crippen LogP contribution in [0.15, 0.2) is 65.2 Å². The van der Waals surface area contributed by atoms with Crippen LogP contribution in [0.4, 0.5) is 0 Å². The summed E-state index contributed by atoms with van der Waals surface area (Å²) in [6.45, 7) is 3.27. The predicted molar refractivity (Wildman–Crippen MR) is 105 cm³/mol. The lowest BCUT2D eigenvalue weighted by Crippen LogP contribution is -2.39. The van der Waals surface area contributed by atoms with Crippen molar-refractivity contribution in [2.75, 3.05) is 6.54 Å². The third-order valence-corrected chi connectivity index (χ3v) is 6.23. The van der Waals surface area contributed by atoms with Gasteiger partial charge in [0.2, 0.25) is 5.78 Å². The van der Waals surface area contributed by atoms with Crippen molar-refractivity contribution in [3.05, 3.63) is 71.4 Å². The van der Waals surface area contributed by atoms with Crippen molar-refractivity contribution >= 4 is 27.5 Å². The molecule has 2 aromatic carbocycles. The third kappa shape index (κ3) is 3.57. The van der Waals surface area contributed by atoms with Crippen LogP contribution in [0.2, 0.25) is 0 Å². The van der Waals surface area contributed by atoms with E-state index in [1.165, 1.54) is 13.0 Å². The van der Waals surface area contributed by atoms with E-state index in [1.807, 2.05) is 6.92 Å². The Hall–Kier alpha value is -2.93. The second kappa shape index (κ2) is 7.98. The summed E-state index contributed by atoms with van der Waals surface area (Å²) in [4.78, 5) is 25.1. The molecule has 0 spiro atoms. The van der Waals surface area contributed by atoms with Gasteiger partial charge in [-0.2, -0.15) is 0 Å². The van der Waals surface area contributed by atoms with Crippen LogP contribution in [0.25, 0.3) is 5.76 Å². The summed E-state index contributed by atoms with van der Waals surface area (Å²) in [5.41, 5.74) is 0.400. The quantitative estimate of drug-likeness (QED) is 0.548. The highest BCUT2D eigenvalue weighted by molar-refractivity contribution is 7.89. The van der Waals surface area contributed by atoms with Gasteiger partial charge in [-0.05, 0) is 18.6 Å². The lowest BCUT2D eigenvalue weighted by Gasteiger charge is -2.32. The number of carbonyl (C=O) groups is 2. The standard InChI is InChI=1S/C21H21NO5S/c1-3-4-14-22-19(20(24)16-10-6-5-7-11-16)21(27-15(2)23)17-12-8-9-13-18(17)28(22,25)26/h5-13H,3-4,14H2,1-2H3. The van der Waals surface area contributed by atoms with E-state index >= 15 is 0 Å². The molecule has 28 heavy (non-hydrogen) atoms. The first-order valence-electron chi connectivity index (χ1n) is 9.02. The molecule has 6 nitrogen and oxygen atoms in total. The molecule has 1 aliphatic rings. The summed E-state index contributed by atoms with van der Waals surface area (Å²) in [7, 11) is -3.96. The normalized spacial score (nSPS) is 15.1. The van der Waals surface area contributed by atoms with Gasteiger partial charge < -0.3 is 4.74 Å². The highest BCUT2D eigenvalue weighted by atomic mass is 32.2. The number of fused-ring (bicyclic) bond motifs is 1. The molecule has 0 saturated carbocycles. The number of nitrogens with zero attached hydrogens (tertiary/aromatic N) is 1. The Kier molecular flexibility index (Phi) is 5.65. The first-order valence-corrected chi connectivity index (χ1v) is 10.5. The van der Waals surface area contributed by atoms with Gasteiger partial charge in [0.05, 0.1) is 4.90 Å². The highest BCUT2D eigenvalue weighted by Gasteiger charge is 2.41. The van der Waals surface area contributed by atoms with Crippen molar-refractivity contribution in [1.29, 1.82) is 0 Å². The van der Waals surface area contributed by atoms with Gasteiger partial charge in [0.1, 0.15) is 5.70 Å². The number of ketones is 1. The van der Waals surface area contributed by atoms with E-state index in [9.17, 15) is 18.0 Å². The molecule has 0 amide bonds. The van der Waals surface area contributed by atoms with Crippen LogP contribution in [0.1, 0.15) is 42.6 Å². The van der Waals surface area contributed by atoms with E-state index in [-0.39, 0.29) is 28.5 Å². The van der Waals surface area contributed by atoms with Crippen LogP contribution in [0.3, 0.4) is 0 Å². The average Bonchev–Trinajstić information content (AvgIpc) is 2.69. The van der Waals surface area contributed by atoms with Crippen LogP contribution >= 0.6 is 0 Å². The molecule has 0 radical (unpaired) electrons. The first kappa shape index (κ1) is 19.8. The SMILES string of the molecule is CCCCN1C(C(=O)c2ccccc2)=C(OC(C)=O)c2ccccc2S1(=O)=O. The van der Waals surface area contributed by atoms with Gasteiger partial charge in [0.25, 0.3) is 10.0 Å². The molecule has 0 unspecified atom stereocenters. The Labute approximate surface area is 164 Å². The Bertz CT molecular complexity index is 1040. The van der Waals surface area contributed by atoms with Gasteiger partial charge in [-0.25, -0.2) is 8.42 Å². The highest BCUT2D eigenvalue weighted by Crippen LogP contribution is 2.39. The molecule has 1 aliphatic heterocycles. The topological polar surface area (TPSA) is 80.8 Å². The van der Waals surface area contributed by atoms with E-state index in [1.54, 1.807) is 48.5 Å². The molecule has 0 aromatic heterocycles. The number of carbonyl (C=O) groups excluding carboxylic acids is 2. The number of Topliss-reactive ketones (excluding diaryl/α,β-unsaturated/α-hetero) is 1. The number of rotatable bonds is 6. The zero-order valence-electron chi connectivity index (χ0n) is 15.7. The molecular weight excluding hydrogens is 378 g/mol. The van der Waals surface area contributed by atoms with Crippen molar-refractivity contribution in [3.8, 4) is 0 Å². The fraction of sp³-hybridized carbons (Fsp3) is 0.238. The number of benzene rings is 2. The van der Waals surface area contributed by atoms with E-state index in [0.717, 1.165) is 10.7 Å². The number of unbranched alkanes of at least 4 members (excludes halogenated alkanes) is 1. The Morgan fingerprint density at radius 1 is 1.00 bits per heavy atom. The fourth-order valence-corrected chi connectivity index (χ4v) is 4.78. The van der Waals surface area contributed by atoms with Crippen LogP contribution < -0.4 is 0 Å². The number of allylic oxidation sites excluding steroid dienone is 1. The smallest absolute Gasteiger partial charge is 0.308 e. The van der Waals surface area contributed by atoms with Gasteiger partial charge in [0.15, 0.2) is 5.76 Å². The summed E-state index contributed by atoms with van der Waals surface area (Å²) in [5.74, 6) is -1.16. The third-order valence-electron chi connectivity index (χ3n) is 4.38. The first-order chi connectivity index (χ1) is 13.4. The number of hydrogen-bond donors (Lipinski definition) is 0.